The largest absolute Gasteiger partial charge is 0.388 e. The van der Waals surface area contributed by atoms with Gasteiger partial charge in [-0.3, -0.25) is 0 Å². The third kappa shape index (κ3) is 1.93. The maximum atomic E-state index is 13.7. The van der Waals surface area contributed by atoms with Crippen LogP contribution in [0.2, 0.25) is 0 Å². The van der Waals surface area contributed by atoms with Gasteiger partial charge in [-0.2, -0.15) is 0 Å². The number of hydrogen-bond acceptors (Lipinski definition) is 1. The van der Waals surface area contributed by atoms with Crippen molar-refractivity contribution in [2.75, 3.05) is 0 Å². The Kier molecular flexibility index (Phi) is 2.88. The molecule has 2 aromatic carbocycles. The van der Waals surface area contributed by atoms with Gasteiger partial charge in [-0.1, -0.05) is 42.5 Å². The fourth-order valence-corrected chi connectivity index (χ4v) is 2.83. The molecular weight excluding hydrogens is 227 g/mol. The average Bonchev–Trinajstić information content (AvgIpc) is 2.70. The first-order chi connectivity index (χ1) is 8.75. The summed E-state index contributed by atoms with van der Waals surface area (Å²) in [4.78, 5) is 0. The third-order valence-electron chi connectivity index (χ3n) is 3.73. The number of aliphatic hydroxyl groups excluding tert-OH is 1. The number of halogens is 1. The Bertz CT molecular complexity index is 565. The van der Waals surface area contributed by atoms with E-state index in [4.69, 9.17) is 0 Å². The Morgan fingerprint density at radius 2 is 1.67 bits per heavy atom. The van der Waals surface area contributed by atoms with Gasteiger partial charge in [0.2, 0.25) is 0 Å². The topological polar surface area (TPSA) is 20.2 Å². The fourth-order valence-electron chi connectivity index (χ4n) is 2.83. The van der Waals surface area contributed by atoms with Crippen molar-refractivity contribution in [1.82, 2.24) is 0 Å². The van der Waals surface area contributed by atoms with E-state index in [1.54, 1.807) is 6.07 Å². The minimum absolute atomic E-state index is 0.156. The van der Waals surface area contributed by atoms with Gasteiger partial charge in [-0.05, 0) is 41.5 Å². The maximum absolute atomic E-state index is 13.7. The highest BCUT2D eigenvalue weighted by molar-refractivity contribution is 5.38. The van der Waals surface area contributed by atoms with E-state index in [0.717, 1.165) is 16.7 Å². The summed E-state index contributed by atoms with van der Waals surface area (Å²) in [5, 5.41) is 10.0. The molecule has 18 heavy (non-hydrogen) atoms. The van der Waals surface area contributed by atoms with Crippen molar-refractivity contribution < 1.29 is 9.50 Å². The maximum Gasteiger partial charge on any atom is 0.126 e. The molecule has 1 N–H and O–H groups in total. The molecule has 0 amide bonds. The second-order valence-electron chi connectivity index (χ2n) is 4.87. The summed E-state index contributed by atoms with van der Waals surface area (Å²) in [6.45, 7) is 0. The Balaban J connectivity index is 1.90. The van der Waals surface area contributed by atoms with Crippen LogP contribution in [0, 0.1) is 5.82 Å². The zero-order valence-electron chi connectivity index (χ0n) is 10.0. The minimum Gasteiger partial charge on any atom is -0.388 e. The first-order valence-corrected chi connectivity index (χ1v) is 6.26. The van der Waals surface area contributed by atoms with Crippen LogP contribution in [-0.2, 0) is 6.42 Å². The van der Waals surface area contributed by atoms with Gasteiger partial charge >= 0.3 is 0 Å². The summed E-state index contributed by atoms with van der Waals surface area (Å²) in [5.74, 6) is 0.0597. The Hall–Kier alpha value is -1.67. The number of aliphatic hydroxyl groups is 1. The van der Waals surface area contributed by atoms with E-state index in [2.05, 4.69) is 0 Å². The monoisotopic (exact) mass is 242 g/mol. The van der Waals surface area contributed by atoms with Gasteiger partial charge in [-0.25, -0.2) is 4.39 Å². The van der Waals surface area contributed by atoms with Crippen molar-refractivity contribution in [2.45, 2.75) is 24.9 Å². The molecular formula is C16H15FO. The van der Waals surface area contributed by atoms with Crippen LogP contribution in [0.4, 0.5) is 4.39 Å². The van der Waals surface area contributed by atoms with Gasteiger partial charge in [-0.15, -0.1) is 0 Å². The molecule has 2 heteroatoms. The molecule has 0 saturated heterocycles. The van der Waals surface area contributed by atoms with Crippen LogP contribution in [0.1, 0.15) is 35.1 Å². The van der Waals surface area contributed by atoms with Crippen LogP contribution in [0.25, 0.3) is 0 Å². The molecule has 0 heterocycles. The van der Waals surface area contributed by atoms with Crippen LogP contribution in [0.15, 0.2) is 48.5 Å². The first-order valence-electron chi connectivity index (χ1n) is 6.26. The predicted octanol–water partition coefficient (Wildman–Crippen LogP) is 3.59. The summed E-state index contributed by atoms with van der Waals surface area (Å²) in [6, 6.07) is 14.8. The van der Waals surface area contributed by atoms with Crippen LogP contribution >= 0.6 is 0 Å². The molecule has 92 valence electrons. The molecule has 0 saturated carbocycles. The van der Waals surface area contributed by atoms with Gasteiger partial charge in [0.15, 0.2) is 0 Å². The van der Waals surface area contributed by atoms with Gasteiger partial charge in [0.05, 0.1) is 6.10 Å². The molecule has 0 aromatic heterocycles. The SMILES string of the molecule is O[C@@H]1C[C@@H](Cc2ccccc2F)c2ccccc21. The zero-order chi connectivity index (χ0) is 12.5. The van der Waals surface area contributed by atoms with Gasteiger partial charge in [0, 0.05) is 0 Å². The predicted molar refractivity (Wildman–Crippen MR) is 68.9 cm³/mol. The summed E-state index contributed by atoms with van der Waals surface area (Å²) in [6.07, 6.45) is 0.937. The summed E-state index contributed by atoms with van der Waals surface area (Å²) in [5.41, 5.74) is 2.89. The normalized spacial score (nSPS) is 21.9. The number of hydrogen-bond donors (Lipinski definition) is 1. The van der Waals surface area contributed by atoms with E-state index in [9.17, 15) is 9.50 Å². The zero-order valence-corrected chi connectivity index (χ0v) is 10.0. The van der Waals surface area contributed by atoms with Gasteiger partial charge in [0.25, 0.3) is 0 Å². The van der Waals surface area contributed by atoms with E-state index in [1.165, 1.54) is 6.07 Å². The van der Waals surface area contributed by atoms with Gasteiger partial charge < -0.3 is 5.11 Å². The Labute approximate surface area is 106 Å². The number of fused-ring (bicyclic) bond motifs is 1. The Morgan fingerprint density at radius 1 is 1.00 bits per heavy atom. The molecule has 0 spiro atoms. The van der Waals surface area contributed by atoms with Crippen molar-refractivity contribution in [3.05, 3.63) is 71.0 Å². The van der Waals surface area contributed by atoms with Gasteiger partial charge in [0.1, 0.15) is 5.82 Å². The van der Waals surface area contributed by atoms with Crippen molar-refractivity contribution in [1.29, 1.82) is 0 Å². The second-order valence-corrected chi connectivity index (χ2v) is 4.87. The standard InChI is InChI=1S/C16H15FO/c17-15-8-4-1-5-11(15)9-12-10-16(18)14-7-3-2-6-13(12)14/h1-8,12,16,18H,9-10H2/t12-,16-/m1/s1. The molecule has 0 fully saturated rings. The van der Waals surface area contributed by atoms with E-state index in [-0.39, 0.29) is 11.7 Å². The second kappa shape index (κ2) is 4.54. The molecule has 2 aromatic rings. The smallest absolute Gasteiger partial charge is 0.126 e. The lowest BCUT2D eigenvalue weighted by Crippen LogP contribution is -2.01. The van der Waals surface area contributed by atoms with Crippen LogP contribution in [-0.4, -0.2) is 5.11 Å². The molecule has 1 aliphatic carbocycles. The number of rotatable bonds is 2. The summed E-state index contributed by atoms with van der Waals surface area (Å²) >= 11 is 0. The third-order valence-corrected chi connectivity index (χ3v) is 3.73. The Morgan fingerprint density at radius 3 is 2.44 bits per heavy atom. The highest BCUT2D eigenvalue weighted by Gasteiger charge is 2.29. The summed E-state index contributed by atoms with van der Waals surface area (Å²) in [7, 11) is 0. The minimum atomic E-state index is -0.405. The lowest BCUT2D eigenvalue weighted by atomic mass is 9.93. The molecule has 0 aliphatic heterocycles. The van der Waals surface area contributed by atoms with Crippen LogP contribution < -0.4 is 0 Å². The molecule has 0 radical (unpaired) electrons. The molecule has 0 unspecified atom stereocenters. The van der Waals surface area contributed by atoms with E-state index in [0.29, 0.717) is 12.8 Å². The molecule has 3 rings (SSSR count). The molecule has 2 atom stereocenters. The molecule has 0 bridgehead atoms. The van der Waals surface area contributed by atoms with E-state index < -0.39 is 6.10 Å². The van der Waals surface area contributed by atoms with E-state index >= 15 is 0 Å². The van der Waals surface area contributed by atoms with Crippen molar-refractivity contribution in [3.8, 4) is 0 Å². The first kappa shape index (κ1) is 11.4. The van der Waals surface area contributed by atoms with Crippen molar-refractivity contribution in [3.63, 3.8) is 0 Å². The van der Waals surface area contributed by atoms with Crippen molar-refractivity contribution in [2.24, 2.45) is 0 Å². The average molecular weight is 242 g/mol. The lowest BCUT2D eigenvalue weighted by Gasteiger charge is -2.11. The quantitative estimate of drug-likeness (QED) is 0.853. The lowest BCUT2D eigenvalue weighted by molar-refractivity contribution is 0.173. The molecule has 1 aliphatic rings. The fraction of sp³-hybridized carbons (Fsp3) is 0.250. The highest BCUT2D eigenvalue weighted by Crippen LogP contribution is 2.41. The van der Waals surface area contributed by atoms with E-state index in [1.807, 2.05) is 36.4 Å². The molecule has 1 nitrogen and oxygen atoms in total. The summed E-state index contributed by atoms with van der Waals surface area (Å²) < 4.78 is 13.7. The highest BCUT2D eigenvalue weighted by atomic mass is 19.1. The number of benzene rings is 2. The van der Waals surface area contributed by atoms with Crippen LogP contribution in [0.3, 0.4) is 0 Å². The van der Waals surface area contributed by atoms with Crippen molar-refractivity contribution >= 4 is 0 Å². The van der Waals surface area contributed by atoms with Crippen LogP contribution in [0.5, 0.6) is 0 Å².